The van der Waals surface area contributed by atoms with Crippen molar-refractivity contribution < 1.29 is 4.39 Å². The van der Waals surface area contributed by atoms with Crippen LogP contribution in [0.2, 0.25) is 0 Å². The summed E-state index contributed by atoms with van der Waals surface area (Å²) >= 11 is 0. The van der Waals surface area contributed by atoms with Crippen molar-refractivity contribution in [2.75, 3.05) is 5.32 Å². The minimum absolute atomic E-state index is 0.391. The number of pyridine rings is 1. The summed E-state index contributed by atoms with van der Waals surface area (Å²) in [6, 6.07) is 13.5. The Kier molecular flexibility index (Phi) is 4.82. The molecular formula is C18H16FN5. The van der Waals surface area contributed by atoms with Crippen LogP contribution in [0.3, 0.4) is 0 Å². The second-order valence-electron chi connectivity index (χ2n) is 5.25. The predicted molar refractivity (Wildman–Crippen MR) is 89.4 cm³/mol. The SMILES string of the molecule is N#CCCn1cc(CNc2ccncc2F)c(-c2ccccc2)n1. The van der Waals surface area contributed by atoms with Gasteiger partial charge >= 0.3 is 0 Å². The highest BCUT2D eigenvalue weighted by Gasteiger charge is 2.12. The topological polar surface area (TPSA) is 66.5 Å². The van der Waals surface area contributed by atoms with Crippen molar-refractivity contribution in [3.63, 3.8) is 0 Å². The predicted octanol–water partition coefficient (Wildman–Crippen LogP) is 3.61. The molecular weight excluding hydrogens is 305 g/mol. The van der Waals surface area contributed by atoms with Crippen molar-refractivity contribution in [1.82, 2.24) is 14.8 Å². The molecule has 0 saturated heterocycles. The van der Waals surface area contributed by atoms with Gasteiger partial charge in [-0.1, -0.05) is 30.3 Å². The maximum absolute atomic E-state index is 13.7. The lowest BCUT2D eigenvalue weighted by Crippen LogP contribution is -2.02. The van der Waals surface area contributed by atoms with Gasteiger partial charge in [-0.25, -0.2) is 4.39 Å². The molecule has 5 nitrogen and oxygen atoms in total. The zero-order valence-electron chi connectivity index (χ0n) is 13.0. The molecule has 1 aromatic carbocycles. The van der Waals surface area contributed by atoms with Gasteiger partial charge in [0, 0.05) is 30.1 Å². The molecule has 0 atom stereocenters. The summed E-state index contributed by atoms with van der Waals surface area (Å²) in [6.07, 6.45) is 5.00. The van der Waals surface area contributed by atoms with Crippen LogP contribution < -0.4 is 5.32 Å². The molecule has 0 radical (unpaired) electrons. The lowest BCUT2D eigenvalue weighted by molar-refractivity contribution is 0.623. The van der Waals surface area contributed by atoms with Gasteiger partial charge in [-0.15, -0.1) is 0 Å². The number of rotatable bonds is 6. The number of aromatic nitrogens is 3. The van der Waals surface area contributed by atoms with Crippen molar-refractivity contribution in [1.29, 1.82) is 5.26 Å². The van der Waals surface area contributed by atoms with Gasteiger partial charge in [-0.3, -0.25) is 9.67 Å². The standard InChI is InChI=1S/C18H16FN5/c19-16-12-21-9-7-17(16)22-11-15-13-24(10-4-8-20)23-18(15)14-5-2-1-3-6-14/h1-3,5-7,9,12-13H,4,10-11H2,(H,21,22). The van der Waals surface area contributed by atoms with E-state index in [1.54, 1.807) is 16.9 Å². The Bertz CT molecular complexity index is 851. The number of hydrogen-bond donors (Lipinski definition) is 1. The van der Waals surface area contributed by atoms with Gasteiger partial charge in [-0.05, 0) is 6.07 Å². The summed E-state index contributed by atoms with van der Waals surface area (Å²) in [6.45, 7) is 0.956. The largest absolute Gasteiger partial charge is 0.378 e. The monoisotopic (exact) mass is 321 g/mol. The van der Waals surface area contributed by atoms with Crippen molar-refractivity contribution in [2.45, 2.75) is 19.5 Å². The number of nitriles is 1. The van der Waals surface area contributed by atoms with Crippen LogP contribution in [-0.4, -0.2) is 14.8 Å². The number of nitrogens with zero attached hydrogens (tertiary/aromatic N) is 4. The maximum atomic E-state index is 13.7. The van der Waals surface area contributed by atoms with E-state index in [0.717, 1.165) is 16.8 Å². The van der Waals surface area contributed by atoms with Gasteiger partial charge in [0.1, 0.15) is 0 Å². The molecule has 24 heavy (non-hydrogen) atoms. The normalized spacial score (nSPS) is 10.3. The van der Waals surface area contributed by atoms with Gasteiger partial charge < -0.3 is 5.32 Å². The number of aryl methyl sites for hydroxylation is 1. The quantitative estimate of drug-likeness (QED) is 0.753. The molecule has 0 bridgehead atoms. The van der Waals surface area contributed by atoms with Crippen LogP contribution in [0.15, 0.2) is 55.0 Å². The van der Waals surface area contributed by atoms with Gasteiger partial charge in [0.15, 0.2) is 5.82 Å². The lowest BCUT2D eigenvalue weighted by Gasteiger charge is -2.07. The second-order valence-corrected chi connectivity index (χ2v) is 5.25. The number of benzene rings is 1. The van der Waals surface area contributed by atoms with Crippen molar-refractivity contribution in [3.05, 3.63) is 66.4 Å². The molecule has 3 aromatic rings. The van der Waals surface area contributed by atoms with Crippen LogP contribution in [0.4, 0.5) is 10.1 Å². The first-order valence-electron chi connectivity index (χ1n) is 7.60. The molecule has 120 valence electrons. The maximum Gasteiger partial charge on any atom is 0.164 e. The van der Waals surface area contributed by atoms with Crippen molar-refractivity contribution in [3.8, 4) is 17.3 Å². The zero-order valence-corrected chi connectivity index (χ0v) is 13.0. The lowest BCUT2D eigenvalue weighted by atomic mass is 10.1. The Hall–Kier alpha value is -3.20. The first-order chi connectivity index (χ1) is 11.8. The Morgan fingerprint density at radius 1 is 1.21 bits per heavy atom. The van der Waals surface area contributed by atoms with E-state index in [-0.39, 0.29) is 0 Å². The third-order valence-corrected chi connectivity index (χ3v) is 3.58. The van der Waals surface area contributed by atoms with Crippen molar-refractivity contribution in [2.24, 2.45) is 0 Å². The highest BCUT2D eigenvalue weighted by Crippen LogP contribution is 2.23. The molecule has 2 heterocycles. The molecule has 3 rings (SSSR count). The highest BCUT2D eigenvalue weighted by molar-refractivity contribution is 5.63. The van der Waals surface area contributed by atoms with Crippen LogP contribution in [0.1, 0.15) is 12.0 Å². The molecule has 0 unspecified atom stereocenters. The van der Waals surface area contributed by atoms with E-state index in [1.165, 1.54) is 6.20 Å². The van der Waals surface area contributed by atoms with E-state index < -0.39 is 5.82 Å². The Morgan fingerprint density at radius 3 is 2.79 bits per heavy atom. The zero-order chi connectivity index (χ0) is 16.8. The Morgan fingerprint density at radius 2 is 2.04 bits per heavy atom. The number of anilines is 1. The van der Waals surface area contributed by atoms with Crippen LogP contribution >= 0.6 is 0 Å². The molecule has 0 fully saturated rings. The van der Waals surface area contributed by atoms with E-state index in [1.807, 2.05) is 36.5 Å². The van der Waals surface area contributed by atoms with Crippen LogP contribution in [0.25, 0.3) is 11.3 Å². The van der Waals surface area contributed by atoms with E-state index in [9.17, 15) is 4.39 Å². The summed E-state index contributed by atoms with van der Waals surface area (Å²) in [5, 5.41) is 16.4. The first kappa shape index (κ1) is 15.7. The summed E-state index contributed by atoms with van der Waals surface area (Å²) in [7, 11) is 0. The van der Waals surface area contributed by atoms with E-state index in [0.29, 0.717) is 25.2 Å². The minimum Gasteiger partial charge on any atom is -0.378 e. The summed E-state index contributed by atoms with van der Waals surface area (Å²) < 4.78 is 15.5. The number of nitrogens with one attached hydrogen (secondary N) is 1. The minimum atomic E-state index is -0.393. The van der Waals surface area contributed by atoms with Gasteiger partial charge in [0.2, 0.25) is 0 Å². The summed E-state index contributed by atoms with van der Waals surface area (Å²) in [5.74, 6) is -0.393. The molecule has 0 aliphatic carbocycles. The molecule has 0 aliphatic heterocycles. The van der Waals surface area contributed by atoms with E-state index in [2.05, 4.69) is 21.5 Å². The third kappa shape index (κ3) is 3.58. The average Bonchev–Trinajstić information content (AvgIpc) is 3.03. The average molecular weight is 321 g/mol. The van der Waals surface area contributed by atoms with Crippen molar-refractivity contribution >= 4 is 5.69 Å². The molecule has 0 saturated carbocycles. The van der Waals surface area contributed by atoms with Gasteiger partial charge in [-0.2, -0.15) is 10.4 Å². The molecule has 0 amide bonds. The Labute approximate surface area is 139 Å². The summed E-state index contributed by atoms with van der Waals surface area (Å²) in [5.41, 5.74) is 3.15. The fraction of sp³-hybridized carbons (Fsp3) is 0.167. The van der Waals surface area contributed by atoms with Crippen LogP contribution in [-0.2, 0) is 13.1 Å². The Balaban J connectivity index is 1.86. The fourth-order valence-corrected chi connectivity index (χ4v) is 2.42. The molecule has 0 aliphatic rings. The fourth-order valence-electron chi connectivity index (χ4n) is 2.42. The molecule has 1 N–H and O–H groups in total. The van der Waals surface area contributed by atoms with Crippen LogP contribution in [0, 0.1) is 17.1 Å². The highest BCUT2D eigenvalue weighted by atomic mass is 19.1. The first-order valence-corrected chi connectivity index (χ1v) is 7.60. The van der Waals surface area contributed by atoms with Gasteiger partial charge in [0.25, 0.3) is 0 Å². The molecule has 6 heteroatoms. The van der Waals surface area contributed by atoms with Gasteiger partial charge in [0.05, 0.1) is 36.6 Å². The smallest absolute Gasteiger partial charge is 0.164 e. The second kappa shape index (κ2) is 7.38. The van der Waals surface area contributed by atoms with E-state index >= 15 is 0 Å². The number of halogens is 1. The third-order valence-electron chi connectivity index (χ3n) is 3.58. The molecule has 0 spiro atoms. The number of hydrogen-bond acceptors (Lipinski definition) is 4. The summed E-state index contributed by atoms with van der Waals surface area (Å²) in [4.78, 5) is 3.74. The van der Waals surface area contributed by atoms with Crippen LogP contribution in [0.5, 0.6) is 0 Å². The van der Waals surface area contributed by atoms with E-state index in [4.69, 9.17) is 5.26 Å². The molecule has 2 aromatic heterocycles.